The van der Waals surface area contributed by atoms with Gasteiger partial charge in [-0.2, -0.15) is 0 Å². The van der Waals surface area contributed by atoms with Crippen LogP contribution in [-0.4, -0.2) is 37.6 Å². The van der Waals surface area contributed by atoms with Crippen molar-refractivity contribution < 1.29 is 0 Å². The standard InChI is InChI=1S/C13H24N2/c1-3-5-9-15-10-6-13(7-11-15)12-14-8-4-2/h13-14H,4,6-12H2,1-2H3. The minimum absolute atomic E-state index is 0.891. The van der Waals surface area contributed by atoms with E-state index >= 15 is 0 Å². The second-order valence-electron chi connectivity index (χ2n) is 4.35. The third-order valence-electron chi connectivity index (χ3n) is 3.05. The molecule has 0 spiro atoms. The third-order valence-corrected chi connectivity index (χ3v) is 3.05. The summed E-state index contributed by atoms with van der Waals surface area (Å²) in [5, 5.41) is 3.52. The molecule has 0 aromatic rings. The minimum Gasteiger partial charge on any atom is -0.316 e. The van der Waals surface area contributed by atoms with E-state index in [4.69, 9.17) is 0 Å². The van der Waals surface area contributed by atoms with Gasteiger partial charge in [0.2, 0.25) is 0 Å². The van der Waals surface area contributed by atoms with Gasteiger partial charge in [0.15, 0.2) is 0 Å². The first-order chi connectivity index (χ1) is 7.36. The normalized spacial score (nSPS) is 18.5. The van der Waals surface area contributed by atoms with Crippen molar-refractivity contribution >= 4 is 0 Å². The van der Waals surface area contributed by atoms with Gasteiger partial charge in [-0.3, -0.25) is 4.90 Å². The van der Waals surface area contributed by atoms with Crippen LogP contribution in [0.15, 0.2) is 0 Å². The molecule has 0 aromatic heterocycles. The quantitative estimate of drug-likeness (QED) is 0.547. The number of hydrogen-bond donors (Lipinski definition) is 1. The second-order valence-corrected chi connectivity index (χ2v) is 4.35. The van der Waals surface area contributed by atoms with Crippen molar-refractivity contribution in [1.82, 2.24) is 10.2 Å². The van der Waals surface area contributed by atoms with Crippen LogP contribution in [-0.2, 0) is 0 Å². The van der Waals surface area contributed by atoms with Gasteiger partial charge in [-0.25, -0.2) is 0 Å². The molecular weight excluding hydrogens is 184 g/mol. The van der Waals surface area contributed by atoms with Gasteiger partial charge in [-0.05, 0) is 58.3 Å². The molecule has 2 heteroatoms. The number of nitrogens with one attached hydrogen (secondary N) is 1. The fourth-order valence-corrected chi connectivity index (χ4v) is 2.02. The summed E-state index contributed by atoms with van der Waals surface area (Å²) in [6.07, 6.45) is 3.91. The summed E-state index contributed by atoms with van der Waals surface area (Å²) in [5.74, 6) is 7.00. The molecule has 1 saturated heterocycles. The van der Waals surface area contributed by atoms with Gasteiger partial charge in [0.05, 0.1) is 6.54 Å². The number of likely N-dealkylation sites (tertiary alicyclic amines) is 1. The summed E-state index contributed by atoms with van der Waals surface area (Å²) in [4.78, 5) is 2.47. The van der Waals surface area contributed by atoms with E-state index in [2.05, 4.69) is 29.0 Å². The molecule has 0 bridgehead atoms. The summed E-state index contributed by atoms with van der Waals surface area (Å²) < 4.78 is 0. The lowest BCUT2D eigenvalue weighted by Gasteiger charge is -2.30. The van der Waals surface area contributed by atoms with Gasteiger partial charge in [0, 0.05) is 0 Å². The Morgan fingerprint density at radius 1 is 1.33 bits per heavy atom. The van der Waals surface area contributed by atoms with E-state index in [1.807, 2.05) is 6.92 Å². The second kappa shape index (κ2) is 7.73. The van der Waals surface area contributed by atoms with E-state index < -0.39 is 0 Å². The lowest BCUT2D eigenvalue weighted by Crippen LogP contribution is -2.37. The first-order valence-corrected chi connectivity index (χ1v) is 6.19. The molecule has 1 rings (SSSR count). The third kappa shape index (κ3) is 5.20. The zero-order valence-corrected chi connectivity index (χ0v) is 10.2. The van der Waals surface area contributed by atoms with Crippen LogP contribution in [0.4, 0.5) is 0 Å². The molecule has 2 nitrogen and oxygen atoms in total. The summed E-state index contributed by atoms with van der Waals surface area (Å²) >= 11 is 0. The molecule has 1 fully saturated rings. The monoisotopic (exact) mass is 208 g/mol. The van der Waals surface area contributed by atoms with Crippen LogP contribution in [0, 0.1) is 17.8 Å². The van der Waals surface area contributed by atoms with Gasteiger partial charge in [-0.15, -0.1) is 5.92 Å². The van der Waals surface area contributed by atoms with E-state index in [0.29, 0.717) is 0 Å². The van der Waals surface area contributed by atoms with Crippen LogP contribution in [0.3, 0.4) is 0 Å². The molecule has 0 atom stereocenters. The first-order valence-electron chi connectivity index (χ1n) is 6.19. The van der Waals surface area contributed by atoms with Gasteiger partial charge < -0.3 is 5.32 Å². The first kappa shape index (κ1) is 12.5. The number of hydrogen-bond acceptors (Lipinski definition) is 2. The SMILES string of the molecule is CC#CCN1CCC(CNCCC)CC1. The van der Waals surface area contributed by atoms with Gasteiger partial charge >= 0.3 is 0 Å². The minimum atomic E-state index is 0.891. The smallest absolute Gasteiger partial charge is 0.0601 e. The highest BCUT2D eigenvalue weighted by molar-refractivity contribution is 4.98. The highest BCUT2D eigenvalue weighted by Gasteiger charge is 2.17. The van der Waals surface area contributed by atoms with Gasteiger partial charge in [-0.1, -0.05) is 12.8 Å². The Balaban J connectivity index is 2.09. The van der Waals surface area contributed by atoms with Gasteiger partial charge in [0.25, 0.3) is 0 Å². The van der Waals surface area contributed by atoms with Crippen LogP contribution < -0.4 is 5.32 Å². The fourth-order valence-electron chi connectivity index (χ4n) is 2.02. The van der Waals surface area contributed by atoms with Crippen LogP contribution in [0.25, 0.3) is 0 Å². The van der Waals surface area contributed by atoms with Crippen LogP contribution >= 0.6 is 0 Å². The molecular formula is C13H24N2. The molecule has 0 saturated carbocycles. The van der Waals surface area contributed by atoms with E-state index in [1.54, 1.807) is 0 Å². The molecule has 1 aliphatic rings. The fraction of sp³-hybridized carbons (Fsp3) is 0.846. The zero-order chi connectivity index (χ0) is 10.9. The highest BCUT2D eigenvalue weighted by atomic mass is 15.1. The Hall–Kier alpha value is -0.520. The van der Waals surface area contributed by atoms with Crippen molar-refractivity contribution in [1.29, 1.82) is 0 Å². The molecule has 0 aromatic carbocycles. The lowest BCUT2D eigenvalue weighted by molar-refractivity contribution is 0.201. The van der Waals surface area contributed by atoms with Crippen molar-refractivity contribution in [2.24, 2.45) is 5.92 Å². The Labute approximate surface area is 94.4 Å². The summed E-state index contributed by atoms with van der Waals surface area (Å²) in [6, 6.07) is 0. The highest BCUT2D eigenvalue weighted by Crippen LogP contribution is 2.15. The molecule has 0 aliphatic carbocycles. The lowest BCUT2D eigenvalue weighted by atomic mass is 9.97. The van der Waals surface area contributed by atoms with E-state index in [1.165, 1.54) is 45.4 Å². The van der Waals surface area contributed by atoms with Crippen LogP contribution in [0.1, 0.15) is 33.1 Å². The van der Waals surface area contributed by atoms with Crippen molar-refractivity contribution in [3.63, 3.8) is 0 Å². The number of rotatable bonds is 5. The maximum atomic E-state index is 3.52. The zero-order valence-electron chi connectivity index (χ0n) is 10.2. The average molecular weight is 208 g/mol. The summed E-state index contributed by atoms with van der Waals surface area (Å²) in [6.45, 7) is 9.94. The number of nitrogens with zero attached hydrogens (tertiary/aromatic N) is 1. The maximum Gasteiger partial charge on any atom is 0.0601 e. The Morgan fingerprint density at radius 2 is 2.07 bits per heavy atom. The summed E-state index contributed by atoms with van der Waals surface area (Å²) in [7, 11) is 0. The molecule has 0 amide bonds. The van der Waals surface area contributed by atoms with Crippen molar-refractivity contribution in [3.05, 3.63) is 0 Å². The topological polar surface area (TPSA) is 15.3 Å². The molecule has 1 aliphatic heterocycles. The van der Waals surface area contributed by atoms with Crippen LogP contribution in [0.2, 0.25) is 0 Å². The summed E-state index contributed by atoms with van der Waals surface area (Å²) in [5.41, 5.74) is 0. The van der Waals surface area contributed by atoms with E-state index in [9.17, 15) is 0 Å². The predicted octanol–water partition coefficient (Wildman–Crippen LogP) is 1.72. The van der Waals surface area contributed by atoms with Crippen molar-refractivity contribution in [3.8, 4) is 11.8 Å². The number of piperidine rings is 1. The molecule has 1 N–H and O–H groups in total. The van der Waals surface area contributed by atoms with E-state index in [0.717, 1.165) is 12.5 Å². The Bertz CT molecular complexity index is 206. The Morgan fingerprint density at radius 3 is 2.67 bits per heavy atom. The molecule has 1 heterocycles. The van der Waals surface area contributed by atoms with Gasteiger partial charge in [0.1, 0.15) is 0 Å². The molecule has 0 unspecified atom stereocenters. The van der Waals surface area contributed by atoms with Crippen molar-refractivity contribution in [2.45, 2.75) is 33.1 Å². The molecule has 15 heavy (non-hydrogen) atoms. The van der Waals surface area contributed by atoms with E-state index in [-0.39, 0.29) is 0 Å². The molecule has 86 valence electrons. The Kier molecular flexibility index (Phi) is 6.47. The molecule has 0 radical (unpaired) electrons. The predicted molar refractivity (Wildman–Crippen MR) is 65.8 cm³/mol. The largest absolute Gasteiger partial charge is 0.316 e. The average Bonchev–Trinajstić information content (AvgIpc) is 2.28. The maximum absolute atomic E-state index is 3.52. The van der Waals surface area contributed by atoms with Crippen molar-refractivity contribution in [2.75, 3.05) is 32.7 Å². The van der Waals surface area contributed by atoms with Crippen LogP contribution in [0.5, 0.6) is 0 Å².